The van der Waals surface area contributed by atoms with E-state index in [9.17, 15) is 4.79 Å². The molecule has 3 N–H and O–H groups in total. The minimum Gasteiger partial charge on any atom is -0.329 e. The summed E-state index contributed by atoms with van der Waals surface area (Å²) in [5.74, 6) is 0.0443. The highest BCUT2D eigenvalue weighted by Crippen LogP contribution is 2.41. The van der Waals surface area contributed by atoms with Crippen LogP contribution in [0.25, 0.3) is 11.3 Å². The minimum absolute atomic E-state index is 0.0443. The number of carbonyl (C=O) groups is 1. The van der Waals surface area contributed by atoms with Crippen LogP contribution < -0.4 is 11.1 Å². The summed E-state index contributed by atoms with van der Waals surface area (Å²) >= 11 is 1.62. The lowest BCUT2D eigenvalue weighted by Crippen LogP contribution is -2.47. The van der Waals surface area contributed by atoms with E-state index >= 15 is 0 Å². The van der Waals surface area contributed by atoms with Crippen molar-refractivity contribution in [1.82, 2.24) is 4.98 Å². The molecule has 21 heavy (non-hydrogen) atoms. The number of thiazole rings is 1. The number of aromatic nitrogens is 1. The number of hydrogen-bond acceptors (Lipinski definition) is 4. The predicted molar refractivity (Wildman–Crippen MR) is 86.3 cm³/mol. The molecule has 1 aliphatic rings. The Labute approximate surface area is 128 Å². The van der Waals surface area contributed by atoms with Gasteiger partial charge in [-0.3, -0.25) is 4.79 Å². The van der Waals surface area contributed by atoms with Crippen molar-refractivity contribution in [2.24, 2.45) is 11.1 Å². The van der Waals surface area contributed by atoms with Gasteiger partial charge in [-0.15, -0.1) is 11.3 Å². The molecule has 0 saturated heterocycles. The van der Waals surface area contributed by atoms with E-state index in [4.69, 9.17) is 5.73 Å². The molecule has 1 fully saturated rings. The summed E-state index contributed by atoms with van der Waals surface area (Å²) in [5.41, 5.74) is 8.20. The molecule has 5 heteroatoms. The van der Waals surface area contributed by atoms with Gasteiger partial charge in [0.15, 0.2) is 0 Å². The topological polar surface area (TPSA) is 68.0 Å². The van der Waals surface area contributed by atoms with Gasteiger partial charge < -0.3 is 11.1 Å². The molecule has 0 aliphatic heterocycles. The zero-order valence-corrected chi connectivity index (χ0v) is 12.9. The molecule has 1 aromatic heterocycles. The van der Waals surface area contributed by atoms with Gasteiger partial charge in [0.25, 0.3) is 0 Å². The van der Waals surface area contributed by atoms with E-state index in [0.29, 0.717) is 6.54 Å². The maximum absolute atomic E-state index is 12.4. The second-order valence-electron chi connectivity index (χ2n) is 5.62. The number of anilines is 1. The Balaban J connectivity index is 1.79. The van der Waals surface area contributed by atoms with Crippen LogP contribution in [0.4, 0.5) is 5.69 Å². The molecule has 2 aromatic rings. The number of amides is 1. The van der Waals surface area contributed by atoms with Crippen LogP contribution in [-0.2, 0) is 4.79 Å². The number of rotatable bonds is 4. The molecule has 1 aromatic carbocycles. The molecule has 110 valence electrons. The maximum atomic E-state index is 12.4. The van der Waals surface area contributed by atoms with Crippen molar-refractivity contribution in [2.75, 3.05) is 11.9 Å². The largest absolute Gasteiger partial charge is 0.329 e. The molecule has 0 bridgehead atoms. The highest BCUT2D eigenvalue weighted by molar-refractivity contribution is 7.09. The summed E-state index contributed by atoms with van der Waals surface area (Å²) in [6.07, 6.45) is 2.86. The minimum atomic E-state index is -0.354. The quantitative estimate of drug-likeness (QED) is 0.911. The third-order valence-corrected chi connectivity index (χ3v) is 4.99. The fourth-order valence-corrected chi connectivity index (χ4v) is 3.27. The van der Waals surface area contributed by atoms with E-state index in [-0.39, 0.29) is 11.3 Å². The SMILES string of the molecule is Cc1nc(-c2cccc(NC(=O)C3(CN)CCC3)c2)cs1. The predicted octanol–water partition coefficient (Wildman–Crippen LogP) is 3.19. The molecule has 0 spiro atoms. The molecule has 0 unspecified atom stereocenters. The first-order valence-corrected chi connectivity index (χ1v) is 8.05. The number of nitrogens with two attached hydrogens (primary N) is 1. The molecule has 0 radical (unpaired) electrons. The smallest absolute Gasteiger partial charge is 0.231 e. The summed E-state index contributed by atoms with van der Waals surface area (Å²) in [6.45, 7) is 2.41. The van der Waals surface area contributed by atoms with Crippen molar-refractivity contribution in [2.45, 2.75) is 26.2 Å². The van der Waals surface area contributed by atoms with Crippen LogP contribution in [0.1, 0.15) is 24.3 Å². The summed E-state index contributed by atoms with van der Waals surface area (Å²) in [4.78, 5) is 16.9. The standard InChI is InChI=1S/C16H19N3OS/c1-11-18-14(9-21-11)12-4-2-5-13(8-12)19-15(20)16(10-17)6-3-7-16/h2,4-5,8-9H,3,6-7,10,17H2,1H3,(H,19,20). The average molecular weight is 301 g/mol. The van der Waals surface area contributed by atoms with E-state index in [0.717, 1.165) is 41.2 Å². The Kier molecular flexibility index (Phi) is 3.78. The highest BCUT2D eigenvalue weighted by Gasteiger charge is 2.42. The molecule has 0 atom stereocenters. The summed E-state index contributed by atoms with van der Waals surface area (Å²) in [6, 6.07) is 7.82. The second-order valence-corrected chi connectivity index (χ2v) is 6.69. The van der Waals surface area contributed by atoms with E-state index in [1.807, 2.05) is 36.6 Å². The molecule has 1 heterocycles. The van der Waals surface area contributed by atoms with Crippen molar-refractivity contribution in [3.63, 3.8) is 0 Å². The van der Waals surface area contributed by atoms with Gasteiger partial charge in [-0.05, 0) is 31.9 Å². The molecule has 1 saturated carbocycles. The first kappa shape index (κ1) is 14.2. The number of benzene rings is 1. The van der Waals surface area contributed by atoms with Crippen molar-refractivity contribution in [3.05, 3.63) is 34.7 Å². The normalized spacial score (nSPS) is 16.3. The summed E-state index contributed by atoms with van der Waals surface area (Å²) in [7, 11) is 0. The van der Waals surface area contributed by atoms with Crippen LogP contribution in [0.15, 0.2) is 29.6 Å². The van der Waals surface area contributed by atoms with Gasteiger partial charge in [-0.25, -0.2) is 4.98 Å². The Morgan fingerprint density at radius 3 is 2.86 bits per heavy atom. The van der Waals surface area contributed by atoms with Gasteiger partial charge in [0.05, 0.1) is 16.1 Å². The van der Waals surface area contributed by atoms with E-state index in [2.05, 4.69) is 10.3 Å². The fraction of sp³-hybridized carbons (Fsp3) is 0.375. The van der Waals surface area contributed by atoms with Crippen LogP contribution in [0.5, 0.6) is 0 Å². The van der Waals surface area contributed by atoms with Crippen LogP contribution in [-0.4, -0.2) is 17.4 Å². The Morgan fingerprint density at radius 2 is 2.29 bits per heavy atom. The van der Waals surface area contributed by atoms with Gasteiger partial charge in [0, 0.05) is 23.2 Å². The fourth-order valence-electron chi connectivity index (χ4n) is 2.64. The average Bonchev–Trinajstić information content (AvgIpc) is 2.85. The maximum Gasteiger partial charge on any atom is 0.231 e. The summed E-state index contributed by atoms with van der Waals surface area (Å²) < 4.78 is 0. The van der Waals surface area contributed by atoms with Crippen LogP contribution in [0, 0.1) is 12.3 Å². The lowest BCUT2D eigenvalue weighted by atomic mass is 9.68. The Hall–Kier alpha value is -1.72. The van der Waals surface area contributed by atoms with Crippen molar-refractivity contribution in [3.8, 4) is 11.3 Å². The van der Waals surface area contributed by atoms with Crippen molar-refractivity contribution < 1.29 is 4.79 Å². The number of aryl methyl sites for hydroxylation is 1. The molecule has 4 nitrogen and oxygen atoms in total. The van der Waals surface area contributed by atoms with Gasteiger partial charge in [0.2, 0.25) is 5.91 Å². The molecular weight excluding hydrogens is 282 g/mol. The monoisotopic (exact) mass is 301 g/mol. The van der Waals surface area contributed by atoms with Crippen molar-refractivity contribution in [1.29, 1.82) is 0 Å². The van der Waals surface area contributed by atoms with Gasteiger partial charge >= 0.3 is 0 Å². The first-order chi connectivity index (χ1) is 10.1. The van der Waals surface area contributed by atoms with E-state index < -0.39 is 0 Å². The molecule has 1 aliphatic carbocycles. The van der Waals surface area contributed by atoms with E-state index in [1.165, 1.54) is 0 Å². The first-order valence-electron chi connectivity index (χ1n) is 7.17. The zero-order chi connectivity index (χ0) is 14.9. The van der Waals surface area contributed by atoms with Crippen LogP contribution in [0.3, 0.4) is 0 Å². The summed E-state index contributed by atoms with van der Waals surface area (Å²) in [5, 5.41) is 6.08. The molecular formula is C16H19N3OS. The van der Waals surface area contributed by atoms with Crippen LogP contribution in [0.2, 0.25) is 0 Å². The number of nitrogens with zero attached hydrogens (tertiary/aromatic N) is 1. The molecule has 1 amide bonds. The Morgan fingerprint density at radius 1 is 1.48 bits per heavy atom. The van der Waals surface area contributed by atoms with Gasteiger partial charge in [0.1, 0.15) is 0 Å². The lowest BCUT2D eigenvalue weighted by Gasteiger charge is -2.39. The third-order valence-electron chi connectivity index (χ3n) is 4.22. The highest BCUT2D eigenvalue weighted by atomic mass is 32.1. The Bertz CT molecular complexity index is 656. The van der Waals surface area contributed by atoms with Crippen molar-refractivity contribution >= 4 is 22.9 Å². The number of carbonyl (C=O) groups excluding carboxylic acids is 1. The molecule has 3 rings (SSSR count). The number of hydrogen-bond donors (Lipinski definition) is 2. The zero-order valence-electron chi connectivity index (χ0n) is 12.1. The lowest BCUT2D eigenvalue weighted by molar-refractivity contribution is -0.129. The van der Waals surface area contributed by atoms with Crippen LogP contribution >= 0.6 is 11.3 Å². The van der Waals surface area contributed by atoms with Gasteiger partial charge in [-0.2, -0.15) is 0 Å². The number of nitrogens with one attached hydrogen (secondary N) is 1. The van der Waals surface area contributed by atoms with Gasteiger partial charge in [-0.1, -0.05) is 18.6 Å². The second kappa shape index (κ2) is 5.58. The van der Waals surface area contributed by atoms with E-state index in [1.54, 1.807) is 11.3 Å². The third kappa shape index (κ3) is 2.71.